The second-order valence-corrected chi connectivity index (χ2v) is 7.47. The predicted molar refractivity (Wildman–Crippen MR) is 85.7 cm³/mol. The van der Waals surface area contributed by atoms with Gasteiger partial charge in [-0.3, -0.25) is 0 Å². The van der Waals surface area contributed by atoms with Crippen molar-refractivity contribution in [1.82, 2.24) is 19.3 Å². The summed E-state index contributed by atoms with van der Waals surface area (Å²) in [5.74, 6) is 2.26. The lowest BCUT2D eigenvalue weighted by molar-refractivity contribution is 0.587. The van der Waals surface area contributed by atoms with Gasteiger partial charge in [0.05, 0.1) is 11.1 Å². The van der Waals surface area contributed by atoms with Gasteiger partial charge in [-0.25, -0.2) is 9.67 Å². The number of imidazole rings is 1. The fraction of sp³-hybridized carbons (Fsp3) is 0.714. The molecule has 2 aromatic rings. The van der Waals surface area contributed by atoms with E-state index in [-0.39, 0.29) is 5.38 Å². The third-order valence-corrected chi connectivity index (χ3v) is 5.47. The first kappa shape index (κ1) is 14.3. The second kappa shape index (κ2) is 5.60. The van der Waals surface area contributed by atoms with E-state index in [1.165, 1.54) is 18.6 Å². The first-order chi connectivity index (χ1) is 9.61. The topological polar surface area (TPSA) is 35.6 Å². The molecule has 0 radical (unpaired) electrons. The Morgan fingerprint density at radius 1 is 1.50 bits per heavy atom. The van der Waals surface area contributed by atoms with Crippen molar-refractivity contribution in [2.24, 2.45) is 0 Å². The van der Waals surface area contributed by atoms with Crippen LogP contribution in [0.2, 0.25) is 0 Å². The minimum absolute atomic E-state index is 0.0708. The van der Waals surface area contributed by atoms with Gasteiger partial charge in [0, 0.05) is 18.3 Å². The molecule has 2 aromatic heterocycles. The zero-order valence-electron chi connectivity index (χ0n) is 12.3. The molecule has 6 heteroatoms. The Bertz CT molecular complexity index is 610. The second-order valence-electron chi connectivity index (χ2n) is 5.41. The Hall–Kier alpha value is -0.680. The number of hydrogen-bond acceptors (Lipinski definition) is 3. The van der Waals surface area contributed by atoms with Crippen LogP contribution < -0.4 is 0 Å². The van der Waals surface area contributed by atoms with Crippen LogP contribution in [-0.4, -0.2) is 30.3 Å². The quantitative estimate of drug-likeness (QED) is 0.806. The summed E-state index contributed by atoms with van der Waals surface area (Å²) in [7, 11) is 0. The van der Waals surface area contributed by atoms with Crippen LogP contribution in [-0.2, 0) is 13.1 Å². The van der Waals surface area contributed by atoms with Crippen LogP contribution in [0.1, 0.15) is 43.6 Å². The third kappa shape index (κ3) is 2.35. The molecule has 2 unspecified atom stereocenters. The smallest absolute Gasteiger partial charge is 0.158 e. The molecule has 20 heavy (non-hydrogen) atoms. The maximum absolute atomic E-state index is 6.35. The lowest BCUT2D eigenvalue weighted by Gasteiger charge is -2.15. The van der Waals surface area contributed by atoms with Gasteiger partial charge in [-0.1, -0.05) is 0 Å². The van der Waals surface area contributed by atoms with E-state index < -0.39 is 0 Å². The average molecular weight is 313 g/mol. The summed E-state index contributed by atoms with van der Waals surface area (Å²) >= 11 is 8.42. The van der Waals surface area contributed by atoms with Gasteiger partial charge in [-0.05, 0) is 39.4 Å². The Kier molecular flexibility index (Phi) is 4.00. The number of alkyl halides is 1. The number of aromatic nitrogens is 4. The van der Waals surface area contributed by atoms with E-state index in [0.717, 1.165) is 35.8 Å². The first-order valence-electron chi connectivity index (χ1n) is 7.31. The number of rotatable bonds is 4. The average Bonchev–Trinajstić information content (AvgIpc) is 3.09. The number of halogens is 1. The van der Waals surface area contributed by atoms with Crippen LogP contribution in [0.3, 0.4) is 0 Å². The van der Waals surface area contributed by atoms with Crippen molar-refractivity contribution in [3.63, 3.8) is 0 Å². The third-order valence-electron chi connectivity index (χ3n) is 3.89. The molecule has 0 N–H and O–H groups in total. The van der Waals surface area contributed by atoms with E-state index in [9.17, 15) is 0 Å². The van der Waals surface area contributed by atoms with Gasteiger partial charge >= 0.3 is 0 Å². The summed E-state index contributed by atoms with van der Waals surface area (Å²) in [5.41, 5.74) is 3.15. The van der Waals surface area contributed by atoms with E-state index in [0.29, 0.717) is 5.25 Å². The number of fused-ring (bicyclic) bond motifs is 1. The molecular weight excluding hydrogens is 292 g/mol. The summed E-state index contributed by atoms with van der Waals surface area (Å²) in [4.78, 5) is 4.76. The molecule has 0 bridgehead atoms. The van der Waals surface area contributed by atoms with Crippen molar-refractivity contribution in [3.05, 3.63) is 11.5 Å². The highest BCUT2D eigenvalue weighted by Crippen LogP contribution is 2.32. The van der Waals surface area contributed by atoms with Gasteiger partial charge < -0.3 is 4.57 Å². The van der Waals surface area contributed by atoms with E-state index in [1.54, 1.807) is 0 Å². The zero-order chi connectivity index (χ0) is 14.3. The summed E-state index contributed by atoms with van der Waals surface area (Å²) in [6.45, 7) is 8.01. The van der Waals surface area contributed by atoms with Gasteiger partial charge in [0.2, 0.25) is 0 Å². The van der Waals surface area contributed by atoms with Crippen molar-refractivity contribution in [1.29, 1.82) is 0 Å². The lowest BCUT2D eigenvalue weighted by atomic mass is 10.2. The monoisotopic (exact) mass is 312 g/mol. The Balaban J connectivity index is 2.11. The van der Waals surface area contributed by atoms with Crippen LogP contribution in [0, 0.1) is 6.92 Å². The fourth-order valence-corrected chi connectivity index (χ4v) is 4.36. The van der Waals surface area contributed by atoms with Crippen LogP contribution in [0.25, 0.3) is 11.2 Å². The van der Waals surface area contributed by atoms with E-state index in [1.807, 2.05) is 13.8 Å². The molecule has 0 aromatic carbocycles. The van der Waals surface area contributed by atoms with Gasteiger partial charge in [0.25, 0.3) is 0 Å². The molecule has 2 atom stereocenters. The van der Waals surface area contributed by atoms with Crippen LogP contribution >= 0.6 is 23.4 Å². The predicted octanol–water partition coefficient (Wildman–Crippen LogP) is 3.76. The summed E-state index contributed by atoms with van der Waals surface area (Å²) in [5, 5.41) is 5.20. The highest BCUT2D eigenvalue weighted by atomic mass is 35.5. The highest BCUT2D eigenvalue weighted by molar-refractivity contribution is 8.00. The molecule has 4 nitrogen and oxygen atoms in total. The molecule has 0 amide bonds. The molecule has 1 aliphatic heterocycles. The zero-order valence-corrected chi connectivity index (χ0v) is 13.8. The van der Waals surface area contributed by atoms with Crippen molar-refractivity contribution < 1.29 is 0 Å². The number of hydrogen-bond donors (Lipinski definition) is 0. The summed E-state index contributed by atoms with van der Waals surface area (Å²) < 4.78 is 4.36. The fourth-order valence-electron chi connectivity index (χ4n) is 2.94. The van der Waals surface area contributed by atoms with Gasteiger partial charge in [0.1, 0.15) is 11.3 Å². The van der Waals surface area contributed by atoms with Crippen molar-refractivity contribution >= 4 is 34.5 Å². The summed E-state index contributed by atoms with van der Waals surface area (Å²) in [6, 6.07) is 0. The van der Waals surface area contributed by atoms with Gasteiger partial charge in [-0.2, -0.15) is 16.9 Å². The van der Waals surface area contributed by atoms with Crippen molar-refractivity contribution in [2.45, 2.75) is 57.3 Å². The van der Waals surface area contributed by atoms with Crippen molar-refractivity contribution in [3.8, 4) is 0 Å². The SMILES string of the molecule is CCn1nc(C)c2nc(C(C)Cl)n(CC3CCCS3)c21. The van der Waals surface area contributed by atoms with E-state index in [2.05, 4.69) is 33.0 Å². The standard InChI is InChI=1S/C14H21ClN4S/c1-4-19-14-12(10(3)17-19)16-13(9(2)15)18(14)8-11-6-5-7-20-11/h9,11H,4-8H2,1-3H3. The normalized spacial score (nSPS) is 20.9. The molecule has 110 valence electrons. The molecule has 1 saturated heterocycles. The van der Waals surface area contributed by atoms with Crippen LogP contribution in [0.4, 0.5) is 0 Å². The Morgan fingerprint density at radius 3 is 2.90 bits per heavy atom. The molecule has 0 aliphatic carbocycles. The van der Waals surface area contributed by atoms with E-state index >= 15 is 0 Å². The van der Waals surface area contributed by atoms with Gasteiger partial charge in [-0.15, -0.1) is 11.6 Å². The maximum Gasteiger partial charge on any atom is 0.158 e. The number of thioether (sulfide) groups is 1. The van der Waals surface area contributed by atoms with Crippen LogP contribution in [0.15, 0.2) is 0 Å². The Labute approximate surface area is 128 Å². The molecule has 3 rings (SSSR count). The summed E-state index contributed by atoms with van der Waals surface area (Å²) in [6.07, 6.45) is 2.62. The molecule has 0 spiro atoms. The first-order valence-corrected chi connectivity index (χ1v) is 8.79. The number of aryl methyl sites for hydroxylation is 2. The molecule has 3 heterocycles. The van der Waals surface area contributed by atoms with Gasteiger partial charge in [0.15, 0.2) is 5.65 Å². The molecule has 0 saturated carbocycles. The molecule has 1 fully saturated rings. The van der Waals surface area contributed by atoms with E-state index in [4.69, 9.17) is 16.6 Å². The largest absolute Gasteiger partial charge is 0.311 e. The minimum Gasteiger partial charge on any atom is -0.311 e. The highest BCUT2D eigenvalue weighted by Gasteiger charge is 2.24. The van der Waals surface area contributed by atoms with Crippen LogP contribution in [0.5, 0.6) is 0 Å². The van der Waals surface area contributed by atoms with Crippen molar-refractivity contribution in [2.75, 3.05) is 5.75 Å². The maximum atomic E-state index is 6.35. The minimum atomic E-state index is -0.0708. The lowest BCUT2D eigenvalue weighted by Crippen LogP contribution is -2.15. The molecular formula is C14H21ClN4S. The molecule has 1 aliphatic rings. The number of nitrogens with zero attached hydrogens (tertiary/aromatic N) is 4. The Morgan fingerprint density at radius 2 is 2.30 bits per heavy atom.